The van der Waals surface area contributed by atoms with Crippen LogP contribution in [-0.2, 0) is 18.0 Å². The molecule has 6 heteroatoms. The molecule has 2 rings (SSSR count). The van der Waals surface area contributed by atoms with Gasteiger partial charge in [-0.25, -0.2) is 5.84 Å². The van der Waals surface area contributed by atoms with E-state index in [4.69, 9.17) is 21.4 Å². The van der Waals surface area contributed by atoms with Gasteiger partial charge in [-0.05, 0) is 18.1 Å². The first-order valence-electron chi connectivity index (χ1n) is 5.79. The van der Waals surface area contributed by atoms with E-state index in [-0.39, 0.29) is 6.61 Å². The molecule has 1 aromatic rings. The first kappa shape index (κ1) is 12.8. The number of benzene rings is 1. The Morgan fingerprint density at radius 3 is 2.83 bits per heavy atom. The van der Waals surface area contributed by atoms with E-state index in [1.54, 1.807) is 6.07 Å². The van der Waals surface area contributed by atoms with Crippen LogP contribution in [0.5, 0.6) is 0 Å². The van der Waals surface area contributed by atoms with Crippen molar-refractivity contribution >= 4 is 17.7 Å². The molecule has 0 bridgehead atoms. The Labute approximate surface area is 105 Å². The largest absolute Gasteiger partial charge is 0.397 e. The first-order valence-corrected chi connectivity index (χ1v) is 5.79. The molecule has 0 fully saturated rings. The van der Waals surface area contributed by atoms with Crippen molar-refractivity contribution in [1.82, 2.24) is 0 Å². The second-order valence-electron chi connectivity index (χ2n) is 4.24. The Bertz CT molecular complexity index is 462. The SMILES string of the molecule is Nc1cc(C=O)c2c(c1N(N)CCCO)COC2. The number of aldehydes is 1. The summed E-state index contributed by atoms with van der Waals surface area (Å²) in [6.07, 6.45) is 1.34. The third kappa shape index (κ3) is 2.17. The molecule has 0 radical (unpaired) electrons. The van der Waals surface area contributed by atoms with Gasteiger partial charge >= 0.3 is 0 Å². The van der Waals surface area contributed by atoms with E-state index in [9.17, 15) is 4.79 Å². The van der Waals surface area contributed by atoms with Gasteiger partial charge in [0.05, 0.1) is 24.6 Å². The summed E-state index contributed by atoms with van der Waals surface area (Å²) in [7, 11) is 0. The van der Waals surface area contributed by atoms with Crippen LogP contribution in [0.15, 0.2) is 6.07 Å². The monoisotopic (exact) mass is 251 g/mol. The summed E-state index contributed by atoms with van der Waals surface area (Å²) < 4.78 is 5.36. The smallest absolute Gasteiger partial charge is 0.150 e. The molecular formula is C12H17N3O3. The van der Waals surface area contributed by atoms with Gasteiger partial charge in [0.15, 0.2) is 6.29 Å². The summed E-state index contributed by atoms with van der Waals surface area (Å²) in [6, 6.07) is 1.62. The normalized spacial score (nSPS) is 13.4. The van der Waals surface area contributed by atoms with Gasteiger partial charge < -0.3 is 20.6 Å². The van der Waals surface area contributed by atoms with E-state index in [0.717, 1.165) is 17.4 Å². The number of carbonyl (C=O) groups excluding carboxylic acids is 1. The summed E-state index contributed by atoms with van der Waals surface area (Å²) in [4.78, 5) is 11.0. The fourth-order valence-electron chi connectivity index (χ4n) is 2.19. The number of nitrogens with two attached hydrogens (primary N) is 2. The van der Waals surface area contributed by atoms with Crippen LogP contribution in [0.2, 0.25) is 0 Å². The first-order chi connectivity index (χ1) is 8.69. The van der Waals surface area contributed by atoms with Crippen molar-refractivity contribution in [2.75, 3.05) is 23.9 Å². The minimum absolute atomic E-state index is 0.0682. The summed E-state index contributed by atoms with van der Waals surface area (Å²) in [5.41, 5.74) is 9.38. The highest BCUT2D eigenvalue weighted by Crippen LogP contribution is 2.36. The summed E-state index contributed by atoms with van der Waals surface area (Å²) >= 11 is 0. The highest BCUT2D eigenvalue weighted by molar-refractivity contribution is 5.86. The number of aliphatic hydroxyl groups is 1. The van der Waals surface area contributed by atoms with Gasteiger partial charge in [-0.1, -0.05) is 0 Å². The standard InChI is InChI=1S/C12H17N3O3/c13-11-4-8(5-17)9-6-18-7-10(9)12(11)15(14)2-1-3-16/h4-5,16H,1-3,6-7,13-14H2. The lowest BCUT2D eigenvalue weighted by atomic mass is 10.0. The number of hydrazine groups is 1. The molecule has 0 aromatic heterocycles. The van der Waals surface area contributed by atoms with E-state index in [2.05, 4.69) is 0 Å². The maximum Gasteiger partial charge on any atom is 0.150 e. The van der Waals surface area contributed by atoms with Gasteiger partial charge in [0, 0.05) is 24.3 Å². The lowest BCUT2D eigenvalue weighted by Gasteiger charge is -2.23. The summed E-state index contributed by atoms with van der Waals surface area (Å²) in [6.45, 7) is 1.38. The lowest BCUT2D eigenvalue weighted by Crippen LogP contribution is -2.34. The van der Waals surface area contributed by atoms with E-state index in [1.807, 2.05) is 0 Å². The third-order valence-electron chi connectivity index (χ3n) is 3.05. The predicted molar refractivity (Wildman–Crippen MR) is 68.0 cm³/mol. The average molecular weight is 251 g/mol. The maximum atomic E-state index is 11.0. The van der Waals surface area contributed by atoms with Crippen molar-refractivity contribution in [1.29, 1.82) is 0 Å². The molecule has 5 N–H and O–H groups in total. The van der Waals surface area contributed by atoms with Gasteiger partial charge in [0.2, 0.25) is 0 Å². The predicted octanol–water partition coefficient (Wildman–Crippen LogP) is 0.174. The van der Waals surface area contributed by atoms with Crippen molar-refractivity contribution in [2.45, 2.75) is 19.6 Å². The summed E-state index contributed by atoms with van der Waals surface area (Å²) in [5, 5.41) is 10.3. The molecule has 0 amide bonds. The Kier molecular flexibility index (Phi) is 3.81. The molecule has 0 aliphatic carbocycles. The molecule has 18 heavy (non-hydrogen) atoms. The van der Waals surface area contributed by atoms with Crippen LogP contribution < -0.4 is 16.6 Å². The number of fused-ring (bicyclic) bond motifs is 1. The highest BCUT2D eigenvalue weighted by atomic mass is 16.5. The number of carbonyl (C=O) groups is 1. The van der Waals surface area contributed by atoms with Crippen LogP contribution in [0, 0.1) is 0 Å². The molecule has 0 spiro atoms. The van der Waals surface area contributed by atoms with Gasteiger partial charge in [-0.2, -0.15) is 0 Å². The Balaban J connectivity index is 2.41. The van der Waals surface area contributed by atoms with Crippen LogP contribution in [0.25, 0.3) is 0 Å². The molecule has 0 atom stereocenters. The Morgan fingerprint density at radius 2 is 2.17 bits per heavy atom. The third-order valence-corrected chi connectivity index (χ3v) is 3.05. The Hall–Kier alpha value is -1.63. The Morgan fingerprint density at radius 1 is 1.44 bits per heavy atom. The van der Waals surface area contributed by atoms with E-state index in [0.29, 0.717) is 43.1 Å². The number of rotatable bonds is 5. The minimum Gasteiger partial charge on any atom is -0.397 e. The zero-order chi connectivity index (χ0) is 13.1. The van der Waals surface area contributed by atoms with Gasteiger partial charge in [0.1, 0.15) is 0 Å². The number of nitrogens with zero attached hydrogens (tertiary/aromatic N) is 1. The summed E-state index contributed by atoms with van der Waals surface area (Å²) in [5.74, 6) is 5.94. The number of hydrogen-bond donors (Lipinski definition) is 3. The molecule has 0 saturated heterocycles. The van der Waals surface area contributed by atoms with Crippen molar-refractivity contribution in [2.24, 2.45) is 5.84 Å². The molecule has 1 aliphatic heterocycles. The molecule has 6 nitrogen and oxygen atoms in total. The number of anilines is 2. The molecule has 1 aromatic carbocycles. The van der Waals surface area contributed by atoms with Crippen LogP contribution in [0.4, 0.5) is 11.4 Å². The number of aliphatic hydroxyl groups excluding tert-OH is 1. The molecule has 0 unspecified atom stereocenters. The van der Waals surface area contributed by atoms with Crippen molar-refractivity contribution in [3.05, 3.63) is 22.8 Å². The van der Waals surface area contributed by atoms with Gasteiger partial charge in [-0.3, -0.25) is 4.79 Å². The number of nitrogen functional groups attached to an aromatic ring is 1. The molecule has 98 valence electrons. The quantitative estimate of drug-likeness (QED) is 0.298. The topological polar surface area (TPSA) is 102 Å². The maximum absolute atomic E-state index is 11.0. The van der Waals surface area contributed by atoms with Crippen LogP contribution in [-0.4, -0.2) is 24.5 Å². The fraction of sp³-hybridized carbons (Fsp3) is 0.417. The molecular weight excluding hydrogens is 234 g/mol. The molecule has 1 heterocycles. The van der Waals surface area contributed by atoms with Crippen LogP contribution in [0.1, 0.15) is 27.9 Å². The van der Waals surface area contributed by atoms with Gasteiger partial charge in [0.25, 0.3) is 0 Å². The molecule has 1 aliphatic rings. The van der Waals surface area contributed by atoms with Crippen molar-refractivity contribution < 1.29 is 14.6 Å². The average Bonchev–Trinajstić information content (AvgIpc) is 2.83. The van der Waals surface area contributed by atoms with Crippen molar-refractivity contribution in [3.63, 3.8) is 0 Å². The number of ether oxygens (including phenoxy) is 1. The van der Waals surface area contributed by atoms with E-state index >= 15 is 0 Å². The van der Waals surface area contributed by atoms with Crippen LogP contribution in [0.3, 0.4) is 0 Å². The van der Waals surface area contributed by atoms with Crippen LogP contribution >= 0.6 is 0 Å². The zero-order valence-electron chi connectivity index (χ0n) is 10.1. The van der Waals surface area contributed by atoms with E-state index < -0.39 is 0 Å². The highest BCUT2D eigenvalue weighted by Gasteiger charge is 2.23. The fourth-order valence-corrected chi connectivity index (χ4v) is 2.19. The van der Waals surface area contributed by atoms with Crippen molar-refractivity contribution in [3.8, 4) is 0 Å². The second kappa shape index (κ2) is 5.34. The molecule has 0 saturated carbocycles. The zero-order valence-corrected chi connectivity index (χ0v) is 10.1. The van der Waals surface area contributed by atoms with Gasteiger partial charge in [-0.15, -0.1) is 0 Å². The minimum atomic E-state index is 0.0682. The number of hydrogen-bond acceptors (Lipinski definition) is 6. The second-order valence-corrected chi connectivity index (χ2v) is 4.24. The lowest BCUT2D eigenvalue weighted by molar-refractivity contribution is 0.111. The van der Waals surface area contributed by atoms with E-state index in [1.165, 1.54) is 5.01 Å².